The molecule has 5 aliphatic rings. The number of fused-ring (bicyclic) bond motifs is 7. The summed E-state index contributed by atoms with van der Waals surface area (Å²) in [6.07, 6.45) is 8.17. The van der Waals surface area contributed by atoms with Crippen molar-refractivity contribution in [1.29, 1.82) is 0 Å². The number of ether oxygens (including phenoxy) is 2. The SMILES string of the molecule is CCOCOC(=O)C12CC[C@@H](C)[C@H](C)[C@H]1C1=CC[C@@H]3[C@@]4(C)CC(=O)[C@H](O)[C@@](C)(CO)[C@@H]4CC[C@@]3(C)[C@]1(C)CC2. The summed E-state index contributed by atoms with van der Waals surface area (Å²) < 4.78 is 11.2. The average molecular weight is 545 g/mol. The number of aliphatic hydroxyl groups excluding tert-OH is 2. The van der Waals surface area contributed by atoms with Gasteiger partial charge in [-0.3, -0.25) is 9.59 Å². The Morgan fingerprint density at radius 2 is 1.77 bits per heavy atom. The normalized spacial score (nSPS) is 51.1. The van der Waals surface area contributed by atoms with Crippen LogP contribution < -0.4 is 0 Å². The summed E-state index contributed by atoms with van der Waals surface area (Å²) >= 11 is 0. The molecular formula is C33H52O6. The number of rotatable bonds is 5. The highest BCUT2D eigenvalue weighted by Gasteiger charge is 2.71. The molecule has 0 aromatic heterocycles. The van der Waals surface area contributed by atoms with Crippen LogP contribution in [0.25, 0.3) is 0 Å². The molecule has 39 heavy (non-hydrogen) atoms. The van der Waals surface area contributed by atoms with Crippen molar-refractivity contribution in [2.45, 2.75) is 106 Å². The molecule has 11 atom stereocenters. The van der Waals surface area contributed by atoms with Crippen molar-refractivity contribution in [3.63, 3.8) is 0 Å². The molecule has 0 aromatic carbocycles. The van der Waals surface area contributed by atoms with Crippen LogP contribution in [0.1, 0.15) is 99.8 Å². The molecule has 6 nitrogen and oxygen atoms in total. The van der Waals surface area contributed by atoms with E-state index in [4.69, 9.17) is 9.47 Å². The summed E-state index contributed by atoms with van der Waals surface area (Å²) in [5.74, 6) is 1.21. The molecule has 220 valence electrons. The molecule has 0 amide bonds. The van der Waals surface area contributed by atoms with Gasteiger partial charge in [0.15, 0.2) is 12.6 Å². The molecule has 0 heterocycles. The highest BCUT2D eigenvalue weighted by molar-refractivity contribution is 5.85. The van der Waals surface area contributed by atoms with Crippen molar-refractivity contribution in [3.05, 3.63) is 11.6 Å². The van der Waals surface area contributed by atoms with E-state index in [0.717, 1.165) is 44.9 Å². The second kappa shape index (κ2) is 9.66. The lowest BCUT2D eigenvalue weighted by atomic mass is 9.33. The van der Waals surface area contributed by atoms with E-state index in [-0.39, 0.29) is 59.2 Å². The molecule has 4 fully saturated rings. The quantitative estimate of drug-likeness (QED) is 0.200. The molecule has 0 aromatic rings. The monoisotopic (exact) mass is 544 g/mol. The Hall–Kier alpha value is -1.24. The molecule has 5 aliphatic carbocycles. The highest BCUT2D eigenvalue weighted by Crippen LogP contribution is 2.75. The van der Waals surface area contributed by atoms with Gasteiger partial charge in [0.2, 0.25) is 0 Å². The Labute approximate surface area is 235 Å². The van der Waals surface area contributed by atoms with Crippen LogP contribution in [-0.4, -0.2) is 48.1 Å². The first-order valence-electron chi connectivity index (χ1n) is 15.5. The fourth-order valence-corrected chi connectivity index (χ4v) is 11.1. The zero-order valence-electron chi connectivity index (χ0n) is 25.3. The maximum Gasteiger partial charge on any atom is 0.314 e. The number of esters is 1. The van der Waals surface area contributed by atoms with Crippen LogP contribution in [-0.2, 0) is 19.1 Å². The molecule has 1 unspecified atom stereocenters. The highest BCUT2D eigenvalue weighted by atomic mass is 16.7. The second-order valence-corrected chi connectivity index (χ2v) is 15.1. The van der Waals surface area contributed by atoms with Crippen molar-refractivity contribution in [2.75, 3.05) is 20.0 Å². The van der Waals surface area contributed by atoms with Crippen molar-refractivity contribution < 1.29 is 29.3 Å². The van der Waals surface area contributed by atoms with Gasteiger partial charge in [-0.1, -0.05) is 53.2 Å². The third-order valence-corrected chi connectivity index (χ3v) is 13.8. The maximum atomic E-state index is 13.8. The van der Waals surface area contributed by atoms with Crippen molar-refractivity contribution in [2.24, 2.45) is 56.7 Å². The van der Waals surface area contributed by atoms with Gasteiger partial charge in [0.05, 0.1) is 12.0 Å². The minimum absolute atomic E-state index is 0.0209. The van der Waals surface area contributed by atoms with E-state index in [2.05, 4.69) is 40.7 Å². The summed E-state index contributed by atoms with van der Waals surface area (Å²) in [5.41, 5.74) is -0.271. The number of allylic oxidation sites excluding steroid dienone is 2. The van der Waals surface area contributed by atoms with Crippen LogP contribution in [0.2, 0.25) is 0 Å². The van der Waals surface area contributed by atoms with E-state index in [9.17, 15) is 19.8 Å². The Balaban J connectivity index is 1.58. The van der Waals surface area contributed by atoms with Crippen LogP contribution in [0, 0.1) is 56.7 Å². The molecule has 0 spiro atoms. The first kappa shape index (κ1) is 29.3. The predicted octanol–water partition coefficient (Wildman–Crippen LogP) is 5.69. The third kappa shape index (κ3) is 3.75. The van der Waals surface area contributed by atoms with E-state index in [1.807, 2.05) is 13.8 Å². The van der Waals surface area contributed by atoms with Gasteiger partial charge in [0.1, 0.15) is 6.10 Å². The molecule has 5 rings (SSSR count). The summed E-state index contributed by atoms with van der Waals surface area (Å²) in [6, 6.07) is 0. The molecule has 4 saturated carbocycles. The van der Waals surface area contributed by atoms with E-state index >= 15 is 0 Å². The van der Waals surface area contributed by atoms with E-state index in [0.29, 0.717) is 24.9 Å². The van der Waals surface area contributed by atoms with Crippen molar-refractivity contribution in [1.82, 2.24) is 0 Å². The lowest BCUT2D eigenvalue weighted by molar-refractivity contribution is -0.215. The second-order valence-electron chi connectivity index (χ2n) is 15.1. The molecule has 0 bridgehead atoms. The molecule has 0 radical (unpaired) electrons. The maximum absolute atomic E-state index is 13.8. The van der Waals surface area contributed by atoms with E-state index in [1.54, 1.807) is 0 Å². The molecule has 6 heteroatoms. The first-order chi connectivity index (χ1) is 18.3. The zero-order chi connectivity index (χ0) is 28.6. The van der Waals surface area contributed by atoms with Crippen LogP contribution in [0.15, 0.2) is 11.6 Å². The standard InChI is InChI=1S/C33H52O6/c1-8-38-19-39-28(37)33-14-11-20(2)21(3)26(33)22-9-10-25-29(4)17-23(35)27(36)30(5,18-34)24(29)12-13-32(25,7)31(22,6)15-16-33/h9,20-21,24-27,34,36H,8,10-19H2,1-7H3/t20-,21+,24-,25-,26+,27+,29+,30+,31-,32-,33?/m1/s1. The van der Waals surface area contributed by atoms with Gasteiger partial charge >= 0.3 is 5.97 Å². The third-order valence-electron chi connectivity index (χ3n) is 13.8. The van der Waals surface area contributed by atoms with Crippen molar-refractivity contribution in [3.8, 4) is 0 Å². The smallest absolute Gasteiger partial charge is 0.314 e. The van der Waals surface area contributed by atoms with E-state index < -0.39 is 16.9 Å². The zero-order valence-corrected chi connectivity index (χ0v) is 25.3. The fourth-order valence-electron chi connectivity index (χ4n) is 11.1. The van der Waals surface area contributed by atoms with Crippen LogP contribution >= 0.6 is 0 Å². The Kier molecular flexibility index (Phi) is 7.25. The predicted molar refractivity (Wildman–Crippen MR) is 149 cm³/mol. The lowest BCUT2D eigenvalue weighted by Gasteiger charge is -2.71. The Morgan fingerprint density at radius 3 is 2.44 bits per heavy atom. The number of hydrogen-bond acceptors (Lipinski definition) is 6. The fraction of sp³-hybridized carbons (Fsp3) is 0.879. The molecular weight excluding hydrogens is 492 g/mol. The minimum Gasteiger partial charge on any atom is -0.438 e. The van der Waals surface area contributed by atoms with Gasteiger partial charge in [-0.25, -0.2) is 0 Å². The number of carbonyl (C=O) groups excluding carboxylic acids is 2. The summed E-state index contributed by atoms with van der Waals surface area (Å²) in [5, 5.41) is 21.4. The Morgan fingerprint density at radius 1 is 1.05 bits per heavy atom. The Bertz CT molecular complexity index is 1040. The number of Topliss-reactive ketones (excluding diaryl/α,β-unsaturated/α-hetero) is 1. The largest absolute Gasteiger partial charge is 0.438 e. The van der Waals surface area contributed by atoms with Gasteiger partial charge in [0, 0.05) is 18.4 Å². The van der Waals surface area contributed by atoms with E-state index in [1.165, 1.54) is 5.57 Å². The van der Waals surface area contributed by atoms with Gasteiger partial charge in [0.25, 0.3) is 0 Å². The summed E-state index contributed by atoms with van der Waals surface area (Å²) in [6.45, 7) is 16.0. The summed E-state index contributed by atoms with van der Waals surface area (Å²) in [7, 11) is 0. The molecule has 0 saturated heterocycles. The van der Waals surface area contributed by atoms with Crippen molar-refractivity contribution >= 4 is 11.8 Å². The van der Waals surface area contributed by atoms with Gasteiger partial charge in [-0.05, 0) is 97.7 Å². The van der Waals surface area contributed by atoms with Gasteiger partial charge < -0.3 is 19.7 Å². The number of hydrogen-bond donors (Lipinski definition) is 2. The number of ketones is 1. The average Bonchev–Trinajstić information content (AvgIpc) is 2.89. The lowest BCUT2D eigenvalue weighted by Crippen LogP contribution is -2.67. The molecule has 0 aliphatic heterocycles. The van der Waals surface area contributed by atoms with Gasteiger partial charge in [-0.15, -0.1) is 0 Å². The molecule has 2 N–H and O–H groups in total. The van der Waals surface area contributed by atoms with Gasteiger partial charge in [-0.2, -0.15) is 0 Å². The topological polar surface area (TPSA) is 93.1 Å². The number of aliphatic hydroxyl groups is 2. The van der Waals surface area contributed by atoms with Crippen LogP contribution in [0.4, 0.5) is 0 Å². The van der Waals surface area contributed by atoms with Crippen LogP contribution in [0.3, 0.4) is 0 Å². The first-order valence-corrected chi connectivity index (χ1v) is 15.5. The summed E-state index contributed by atoms with van der Waals surface area (Å²) in [4.78, 5) is 27.0. The minimum atomic E-state index is -1.10. The number of carbonyl (C=O) groups is 2. The van der Waals surface area contributed by atoms with Crippen LogP contribution in [0.5, 0.6) is 0 Å².